The summed E-state index contributed by atoms with van der Waals surface area (Å²) in [5, 5.41) is 6.12. The number of likely N-dealkylation sites (tertiary alicyclic amines) is 1. The first-order valence-corrected chi connectivity index (χ1v) is 10.4. The first-order valence-electron chi connectivity index (χ1n) is 9.50. The van der Waals surface area contributed by atoms with Crippen LogP contribution < -0.4 is 5.32 Å². The Kier molecular flexibility index (Phi) is 5.36. The Balaban J connectivity index is 1.44. The number of nitrogens with one attached hydrogen (secondary N) is 1. The first kappa shape index (κ1) is 18.3. The third kappa shape index (κ3) is 4.27. The van der Waals surface area contributed by atoms with Gasteiger partial charge < -0.3 is 15.0 Å². The SMILES string of the molecule is Cc1cc(Nc2nc(C)cs2)nc([C@H]2CCN(C(=O)C3CCOCC3)C2)n1. The molecule has 0 spiro atoms. The summed E-state index contributed by atoms with van der Waals surface area (Å²) < 4.78 is 5.38. The van der Waals surface area contributed by atoms with E-state index in [-0.39, 0.29) is 17.7 Å². The van der Waals surface area contributed by atoms with E-state index in [1.54, 1.807) is 11.3 Å². The topological polar surface area (TPSA) is 80.2 Å². The highest BCUT2D eigenvalue weighted by Crippen LogP contribution is 2.29. The number of aryl methyl sites for hydroxylation is 2. The van der Waals surface area contributed by atoms with Gasteiger partial charge in [0.15, 0.2) is 5.13 Å². The van der Waals surface area contributed by atoms with Gasteiger partial charge in [-0.15, -0.1) is 11.3 Å². The van der Waals surface area contributed by atoms with E-state index in [9.17, 15) is 4.79 Å². The third-order valence-electron chi connectivity index (χ3n) is 5.16. The van der Waals surface area contributed by atoms with Crippen LogP contribution in [0.1, 0.15) is 42.4 Å². The highest BCUT2D eigenvalue weighted by Gasteiger charge is 2.33. The summed E-state index contributed by atoms with van der Waals surface area (Å²) in [6.07, 6.45) is 2.58. The summed E-state index contributed by atoms with van der Waals surface area (Å²) in [4.78, 5) is 28.5. The molecule has 1 N–H and O–H groups in total. The van der Waals surface area contributed by atoms with Crippen molar-refractivity contribution in [2.75, 3.05) is 31.6 Å². The zero-order valence-electron chi connectivity index (χ0n) is 15.8. The van der Waals surface area contributed by atoms with Crippen molar-refractivity contribution in [2.24, 2.45) is 5.92 Å². The van der Waals surface area contributed by atoms with Crippen LogP contribution in [0.4, 0.5) is 10.9 Å². The molecule has 4 rings (SSSR count). The molecule has 2 saturated heterocycles. The summed E-state index contributed by atoms with van der Waals surface area (Å²) in [5.41, 5.74) is 1.91. The Morgan fingerprint density at radius 1 is 1.19 bits per heavy atom. The number of rotatable bonds is 4. The lowest BCUT2D eigenvalue weighted by atomic mass is 9.99. The average Bonchev–Trinajstić information content (AvgIpc) is 3.31. The van der Waals surface area contributed by atoms with Gasteiger partial charge in [-0.3, -0.25) is 4.79 Å². The van der Waals surface area contributed by atoms with E-state index in [2.05, 4.69) is 15.3 Å². The molecule has 2 fully saturated rings. The van der Waals surface area contributed by atoms with Crippen LogP contribution in [-0.2, 0) is 9.53 Å². The molecule has 2 aromatic heterocycles. The largest absolute Gasteiger partial charge is 0.381 e. The molecule has 0 radical (unpaired) electrons. The quantitative estimate of drug-likeness (QED) is 0.869. The van der Waals surface area contributed by atoms with Crippen molar-refractivity contribution in [3.05, 3.63) is 28.7 Å². The van der Waals surface area contributed by atoms with Crippen molar-refractivity contribution in [1.82, 2.24) is 19.9 Å². The molecule has 0 unspecified atom stereocenters. The second kappa shape index (κ2) is 7.90. The van der Waals surface area contributed by atoms with E-state index in [1.165, 1.54) is 0 Å². The minimum absolute atomic E-state index is 0.112. The summed E-state index contributed by atoms with van der Waals surface area (Å²) in [6.45, 7) is 6.83. The number of carbonyl (C=O) groups excluding carboxylic acids is 1. The van der Waals surface area contributed by atoms with E-state index >= 15 is 0 Å². The lowest BCUT2D eigenvalue weighted by molar-refractivity contribution is -0.137. The molecule has 2 aromatic rings. The van der Waals surface area contributed by atoms with Gasteiger partial charge in [0.2, 0.25) is 5.91 Å². The molecule has 27 heavy (non-hydrogen) atoms. The summed E-state index contributed by atoms with van der Waals surface area (Å²) in [5.74, 6) is 2.15. The van der Waals surface area contributed by atoms with Crippen LogP contribution in [0.2, 0.25) is 0 Å². The Morgan fingerprint density at radius 3 is 2.74 bits per heavy atom. The van der Waals surface area contributed by atoms with Crippen LogP contribution in [-0.4, -0.2) is 52.1 Å². The van der Waals surface area contributed by atoms with Gasteiger partial charge >= 0.3 is 0 Å². The van der Waals surface area contributed by atoms with Crippen LogP contribution in [0.5, 0.6) is 0 Å². The highest BCUT2D eigenvalue weighted by molar-refractivity contribution is 7.13. The van der Waals surface area contributed by atoms with Crippen molar-refractivity contribution in [3.8, 4) is 0 Å². The minimum Gasteiger partial charge on any atom is -0.381 e. The molecule has 144 valence electrons. The number of nitrogens with zero attached hydrogens (tertiary/aromatic N) is 4. The molecule has 1 atom stereocenters. The molecule has 2 aliphatic heterocycles. The van der Waals surface area contributed by atoms with E-state index < -0.39 is 0 Å². The molecule has 0 aliphatic carbocycles. The summed E-state index contributed by atoms with van der Waals surface area (Å²) >= 11 is 1.56. The number of hydrogen-bond acceptors (Lipinski definition) is 7. The molecular formula is C19H25N5O2S. The Labute approximate surface area is 163 Å². The van der Waals surface area contributed by atoms with Crippen LogP contribution in [0.3, 0.4) is 0 Å². The lowest BCUT2D eigenvalue weighted by Crippen LogP contribution is -2.37. The lowest BCUT2D eigenvalue weighted by Gasteiger charge is -2.26. The maximum absolute atomic E-state index is 12.8. The van der Waals surface area contributed by atoms with Gasteiger partial charge in [0.25, 0.3) is 0 Å². The fraction of sp³-hybridized carbons (Fsp3) is 0.579. The van der Waals surface area contributed by atoms with Crippen LogP contribution in [0, 0.1) is 19.8 Å². The molecule has 2 aliphatic rings. The fourth-order valence-electron chi connectivity index (χ4n) is 3.73. The summed E-state index contributed by atoms with van der Waals surface area (Å²) in [7, 11) is 0. The monoisotopic (exact) mass is 387 g/mol. The number of ether oxygens (including phenoxy) is 1. The molecule has 7 nitrogen and oxygen atoms in total. The number of thiazole rings is 1. The van der Waals surface area contributed by atoms with Crippen molar-refractivity contribution in [3.63, 3.8) is 0 Å². The van der Waals surface area contributed by atoms with Gasteiger partial charge in [-0.2, -0.15) is 0 Å². The molecule has 0 bridgehead atoms. The van der Waals surface area contributed by atoms with Crippen molar-refractivity contribution in [1.29, 1.82) is 0 Å². The van der Waals surface area contributed by atoms with Crippen LogP contribution in [0.25, 0.3) is 0 Å². The van der Waals surface area contributed by atoms with E-state index in [0.717, 1.165) is 54.0 Å². The molecule has 1 amide bonds. The zero-order valence-corrected chi connectivity index (χ0v) is 16.6. The van der Waals surface area contributed by atoms with Gasteiger partial charge in [0.05, 0.1) is 5.69 Å². The minimum atomic E-state index is 0.112. The zero-order chi connectivity index (χ0) is 18.8. The second-order valence-electron chi connectivity index (χ2n) is 7.33. The van der Waals surface area contributed by atoms with Crippen LogP contribution in [0.15, 0.2) is 11.4 Å². The van der Waals surface area contributed by atoms with Gasteiger partial charge in [0.1, 0.15) is 11.6 Å². The third-order valence-corrected chi connectivity index (χ3v) is 6.04. The van der Waals surface area contributed by atoms with Crippen molar-refractivity contribution >= 4 is 28.2 Å². The Hall–Kier alpha value is -2.06. The van der Waals surface area contributed by atoms with Gasteiger partial charge in [0, 0.05) is 55.3 Å². The Bertz CT molecular complexity index is 818. The predicted octanol–water partition coefficient (Wildman–Crippen LogP) is 3.04. The second-order valence-corrected chi connectivity index (χ2v) is 8.19. The summed E-state index contributed by atoms with van der Waals surface area (Å²) in [6, 6.07) is 1.93. The number of carbonyl (C=O) groups is 1. The molecule has 8 heteroatoms. The predicted molar refractivity (Wildman–Crippen MR) is 104 cm³/mol. The van der Waals surface area contributed by atoms with E-state index in [0.29, 0.717) is 19.8 Å². The maximum atomic E-state index is 12.8. The van der Waals surface area contributed by atoms with E-state index in [1.807, 2.05) is 30.2 Å². The normalized spacial score (nSPS) is 20.8. The molecule has 0 saturated carbocycles. The molecule has 4 heterocycles. The number of hydrogen-bond donors (Lipinski definition) is 1. The van der Waals surface area contributed by atoms with Crippen LogP contribution >= 0.6 is 11.3 Å². The number of amides is 1. The number of aromatic nitrogens is 3. The average molecular weight is 388 g/mol. The van der Waals surface area contributed by atoms with Crippen molar-refractivity contribution < 1.29 is 9.53 Å². The fourth-order valence-corrected chi connectivity index (χ4v) is 4.43. The smallest absolute Gasteiger partial charge is 0.225 e. The Morgan fingerprint density at radius 2 is 2.00 bits per heavy atom. The number of anilines is 2. The molecular weight excluding hydrogens is 362 g/mol. The van der Waals surface area contributed by atoms with E-state index in [4.69, 9.17) is 9.72 Å². The molecule has 0 aromatic carbocycles. The standard InChI is InChI=1S/C19H25N5O2S/c1-12-9-16(23-19-21-13(2)11-27-19)22-17(20-12)15-3-6-24(10-15)18(25)14-4-7-26-8-5-14/h9,11,14-15H,3-8,10H2,1-2H3,(H,20,21,22,23)/t15-/m0/s1. The van der Waals surface area contributed by atoms with Gasteiger partial charge in [-0.1, -0.05) is 0 Å². The first-order chi connectivity index (χ1) is 13.1. The van der Waals surface area contributed by atoms with Crippen molar-refractivity contribution in [2.45, 2.75) is 39.0 Å². The van der Waals surface area contributed by atoms with Gasteiger partial charge in [-0.05, 0) is 33.1 Å². The van der Waals surface area contributed by atoms with Gasteiger partial charge in [-0.25, -0.2) is 15.0 Å². The maximum Gasteiger partial charge on any atom is 0.225 e. The highest BCUT2D eigenvalue weighted by atomic mass is 32.1.